The van der Waals surface area contributed by atoms with Crippen LogP contribution in [0.2, 0.25) is 0 Å². The third kappa shape index (κ3) is 3.27. The summed E-state index contributed by atoms with van der Waals surface area (Å²) in [6, 6.07) is 18.0. The van der Waals surface area contributed by atoms with E-state index in [4.69, 9.17) is 32.7 Å². The maximum atomic E-state index is 6.81. The van der Waals surface area contributed by atoms with E-state index >= 15 is 0 Å². The minimum Gasteiger partial charge on any atom is -0.497 e. The van der Waals surface area contributed by atoms with Gasteiger partial charge in [0, 0.05) is 16.9 Å². The summed E-state index contributed by atoms with van der Waals surface area (Å²) < 4.78 is 7.62. The number of benzene rings is 2. The lowest BCUT2D eigenvalue weighted by atomic mass is 9.82. The summed E-state index contributed by atoms with van der Waals surface area (Å²) in [6.45, 7) is 2.24. The van der Waals surface area contributed by atoms with E-state index in [1.807, 2.05) is 47.0 Å². The standard InChI is InChI=1S/C25H24N4OS/c1-15-7-6-10-19-20(16-11-13-18(30-2)14-12-16)21-23(26)29(17-8-4-3-5-9-17)25(31)28-24(21)27-22(15)19/h3-5,8-9,11-15H,6-7,10,26H2,1-2H3. The Bertz CT molecular complexity index is 1330. The number of nitrogens with zero attached hydrogens (tertiary/aromatic N) is 3. The highest BCUT2D eigenvalue weighted by Crippen LogP contribution is 2.42. The molecule has 2 aromatic carbocycles. The molecule has 0 aliphatic heterocycles. The summed E-state index contributed by atoms with van der Waals surface area (Å²) in [5.41, 5.74) is 12.9. The van der Waals surface area contributed by atoms with Crippen molar-refractivity contribution in [2.75, 3.05) is 12.8 Å². The number of para-hydroxylation sites is 1. The fourth-order valence-corrected chi connectivity index (χ4v) is 4.88. The van der Waals surface area contributed by atoms with E-state index in [2.05, 4.69) is 19.1 Å². The molecule has 4 aromatic rings. The van der Waals surface area contributed by atoms with Gasteiger partial charge in [-0.1, -0.05) is 37.3 Å². The topological polar surface area (TPSA) is 66.0 Å². The number of nitrogens with two attached hydrogens (primary N) is 1. The van der Waals surface area contributed by atoms with Crippen molar-refractivity contribution in [3.05, 3.63) is 70.6 Å². The third-order valence-corrected chi connectivity index (χ3v) is 6.40. The fraction of sp³-hybridized carbons (Fsp3) is 0.240. The molecule has 5 nitrogen and oxygen atoms in total. The van der Waals surface area contributed by atoms with Crippen molar-refractivity contribution >= 4 is 29.1 Å². The fourth-order valence-electron chi connectivity index (χ4n) is 4.59. The Hall–Kier alpha value is -3.25. The molecule has 31 heavy (non-hydrogen) atoms. The summed E-state index contributed by atoms with van der Waals surface area (Å²) in [5.74, 6) is 1.77. The van der Waals surface area contributed by atoms with E-state index in [9.17, 15) is 0 Å². The molecule has 2 N–H and O–H groups in total. The predicted molar refractivity (Wildman–Crippen MR) is 127 cm³/mol. The quantitative estimate of drug-likeness (QED) is 0.415. The molecule has 156 valence electrons. The van der Waals surface area contributed by atoms with E-state index in [-0.39, 0.29) is 0 Å². The van der Waals surface area contributed by atoms with Gasteiger partial charge in [-0.05, 0) is 72.8 Å². The minimum atomic E-state index is 0.378. The molecule has 6 heteroatoms. The molecule has 5 rings (SSSR count). The molecule has 1 aliphatic carbocycles. The second kappa shape index (κ2) is 7.78. The number of pyridine rings is 1. The molecule has 0 saturated carbocycles. The Kier molecular flexibility index (Phi) is 4.94. The van der Waals surface area contributed by atoms with Crippen molar-refractivity contribution in [1.82, 2.24) is 14.5 Å². The summed E-state index contributed by atoms with van der Waals surface area (Å²) >= 11 is 5.64. The van der Waals surface area contributed by atoms with E-state index < -0.39 is 0 Å². The first kappa shape index (κ1) is 19.7. The van der Waals surface area contributed by atoms with Crippen molar-refractivity contribution in [3.63, 3.8) is 0 Å². The number of anilines is 1. The van der Waals surface area contributed by atoms with Gasteiger partial charge in [0.15, 0.2) is 5.65 Å². The highest BCUT2D eigenvalue weighted by atomic mass is 32.1. The van der Waals surface area contributed by atoms with Crippen LogP contribution in [0.4, 0.5) is 5.82 Å². The van der Waals surface area contributed by atoms with Crippen LogP contribution in [0, 0.1) is 4.77 Å². The van der Waals surface area contributed by atoms with Gasteiger partial charge in [0.25, 0.3) is 0 Å². The Morgan fingerprint density at radius 2 is 1.81 bits per heavy atom. The zero-order valence-electron chi connectivity index (χ0n) is 17.6. The molecular formula is C25H24N4OS. The Labute approximate surface area is 186 Å². The zero-order valence-corrected chi connectivity index (χ0v) is 18.4. The number of fused-ring (bicyclic) bond motifs is 2. The first-order chi connectivity index (χ1) is 15.1. The van der Waals surface area contributed by atoms with Crippen molar-refractivity contribution in [2.45, 2.75) is 32.1 Å². The highest BCUT2D eigenvalue weighted by molar-refractivity contribution is 7.71. The SMILES string of the molecule is COc1ccc(-c2c3c(nc4nc(=S)n(-c5ccccc5)c(N)c24)C(C)CCC3)cc1. The van der Waals surface area contributed by atoms with Crippen LogP contribution in [0.25, 0.3) is 27.8 Å². The number of hydrogen-bond acceptors (Lipinski definition) is 5. The zero-order chi connectivity index (χ0) is 21.5. The van der Waals surface area contributed by atoms with Crippen molar-refractivity contribution < 1.29 is 4.74 Å². The summed E-state index contributed by atoms with van der Waals surface area (Å²) in [4.78, 5) is 9.71. The first-order valence-electron chi connectivity index (χ1n) is 10.5. The number of ether oxygens (including phenoxy) is 1. The average molecular weight is 429 g/mol. The molecule has 1 unspecified atom stereocenters. The van der Waals surface area contributed by atoms with Gasteiger partial charge in [0.1, 0.15) is 11.6 Å². The van der Waals surface area contributed by atoms with Gasteiger partial charge in [-0.15, -0.1) is 0 Å². The van der Waals surface area contributed by atoms with Gasteiger partial charge < -0.3 is 10.5 Å². The molecule has 0 amide bonds. The maximum absolute atomic E-state index is 6.81. The van der Waals surface area contributed by atoms with Gasteiger partial charge in [-0.25, -0.2) is 4.98 Å². The van der Waals surface area contributed by atoms with Crippen molar-refractivity contribution in [1.29, 1.82) is 0 Å². The normalized spacial score (nSPS) is 15.6. The molecule has 0 fully saturated rings. The Morgan fingerprint density at radius 3 is 2.52 bits per heavy atom. The number of aromatic nitrogens is 3. The lowest BCUT2D eigenvalue weighted by molar-refractivity contribution is 0.415. The first-order valence-corrected chi connectivity index (χ1v) is 10.9. The van der Waals surface area contributed by atoms with Crippen LogP contribution in [-0.2, 0) is 6.42 Å². The van der Waals surface area contributed by atoms with E-state index in [1.54, 1.807) is 7.11 Å². The molecule has 0 bridgehead atoms. The van der Waals surface area contributed by atoms with Gasteiger partial charge in [-0.3, -0.25) is 4.57 Å². The van der Waals surface area contributed by atoms with Gasteiger partial charge >= 0.3 is 0 Å². The summed E-state index contributed by atoms with van der Waals surface area (Å²) in [7, 11) is 1.68. The molecule has 1 atom stereocenters. The van der Waals surface area contributed by atoms with Crippen LogP contribution in [0.1, 0.15) is 36.9 Å². The lowest BCUT2D eigenvalue weighted by Crippen LogP contribution is -2.15. The van der Waals surface area contributed by atoms with Crippen LogP contribution in [0.3, 0.4) is 0 Å². The highest BCUT2D eigenvalue weighted by Gasteiger charge is 2.26. The van der Waals surface area contributed by atoms with Gasteiger partial charge in [-0.2, -0.15) is 4.98 Å². The van der Waals surface area contributed by atoms with E-state index in [0.717, 1.165) is 52.9 Å². The lowest BCUT2D eigenvalue weighted by Gasteiger charge is -2.26. The number of hydrogen-bond donors (Lipinski definition) is 1. The Morgan fingerprint density at radius 1 is 1.06 bits per heavy atom. The van der Waals surface area contributed by atoms with Crippen LogP contribution in [0.5, 0.6) is 5.75 Å². The van der Waals surface area contributed by atoms with Gasteiger partial charge in [0.2, 0.25) is 4.77 Å². The number of methoxy groups -OCH3 is 1. The molecule has 0 radical (unpaired) electrons. The summed E-state index contributed by atoms with van der Waals surface area (Å²) in [6.07, 6.45) is 3.24. The van der Waals surface area contributed by atoms with Crippen LogP contribution in [0.15, 0.2) is 54.6 Å². The van der Waals surface area contributed by atoms with Crippen molar-refractivity contribution in [3.8, 4) is 22.6 Å². The number of nitrogen functional groups attached to an aromatic ring is 1. The van der Waals surface area contributed by atoms with Crippen LogP contribution >= 0.6 is 12.2 Å². The molecule has 0 spiro atoms. The molecule has 0 saturated heterocycles. The smallest absolute Gasteiger partial charge is 0.207 e. The molecular weight excluding hydrogens is 404 g/mol. The van der Waals surface area contributed by atoms with Gasteiger partial charge in [0.05, 0.1) is 12.5 Å². The maximum Gasteiger partial charge on any atom is 0.207 e. The minimum absolute atomic E-state index is 0.378. The average Bonchev–Trinajstić information content (AvgIpc) is 2.79. The summed E-state index contributed by atoms with van der Waals surface area (Å²) in [5, 5.41) is 0.857. The van der Waals surface area contributed by atoms with E-state index in [1.165, 1.54) is 5.56 Å². The largest absolute Gasteiger partial charge is 0.497 e. The molecule has 2 aromatic heterocycles. The number of rotatable bonds is 3. The monoisotopic (exact) mass is 428 g/mol. The predicted octanol–water partition coefficient (Wildman–Crippen LogP) is 5.85. The van der Waals surface area contributed by atoms with E-state index in [0.29, 0.717) is 22.2 Å². The third-order valence-electron chi connectivity index (χ3n) is 6.12. The second-order valence-corrected chi connectivity index (χ2v) is 8.39. The second-order valence-electron chi connectivity index (χ2n) is 8.02. The van der Waals surface area contributed by atoms with Crippen molar-refractivity contribution in [2.24, 2.45) is 0 Å². The van der Waals surface area contributed by atoms with Crippen LogP contribution < -0.4 is 10.5 Å². The Balaban J connectivity index is 1.90. The van der Waals surface area contributed by atoms with Crippen LogP contribution in [-0.4, -0.2) is 21.6 Å². The molecule has 1 aliphatic rings. The molecule has 2 heterocycles.